The average molecular weight is 268 g/mol. The standard InChI is InChI=1S/C18H20O2/c1-3-5-15-6-4-7-17(14-15)16-8-10-18(11-9-16)20-13-12-19-2/h3-11,14H,12-13H2,1-2H3/b5-3+. The van der Waals surface area contributed by atoms with Gasteiger partial charge in [0.1, 0.15) is 12.4 Å². The molecular formula is C18H20O2. The summed E-state index contributed by atoms with van der Waals surface area (Å²) in [5, 5.41) is 0. The molecule has 0 aliphatic carbocycles. The molecule has 0 saturated carbocycles. The number of allylic oxidation sites excluding steroid dienone is 1. The van der Waals surface area contributed by atoms with Gasteiger partial charge in [-0.1, -0.05) is 42.5 Å². The molecule has 0 aliphatic heterocycles. The summed E-state index contributed by atoms with van der Waals surface area (Å²) in [5.41, 5.74) is 3.62. The molecule has 2 nitrogen and oxygen atoms in total. The van der Waals surface area contributed by atoms with Gasteiger partial charge in [0.15, 0.2) is 0 Å². The van der Waals surface area contributed by atoms with Gasteiger partial charge in [-0.25, -0.2) is 0 Å². The van der Waals surface area contributed by atoms with Gasteiger partial charge in [-0.05, 0) is 41.8 Å². The van der Waals surface area contributed by atoms with Crippen LogP contribution in [0.3, 0.4) is 0 Å². The Bertz CT molecular complexity index is 556. The maximum absolute atomic E-state index is 5.56. The van der Waals surface area contributed by atoms with Gasteiger partial charge in [0.25, 0.3) is 0 Å². The van der Waals surface area contributed by atoms with Crippen molar-refractivity contribution in [2.45, 2.75) is 6.92 Å². The second-order valence-electron chi connectivity index (χ2n) is 4.49. The van der Waals surface area contributed by atoms with Crippen LogP contribution in [0.4, 0.5) is 0 Å². The van der Waals surface area contributed by atoms with E-state index in [0.717, 1.165) is 5.75 Å². The maximum Gasteiger partial charge on any atom is 0.119 e. The number of ether oxygens (including phenoxy) is 2. The first kappa shape index (κ1) is 14.4. The number of benzene rings is 2. The van der Waals surface area contributed by atoms with Crippen LogP contribution in [0.2, 0.25) is 0 Å². The first-order valence-electron chi connectivity index (χ1n) is 6.78. The molecule has 0 N–H and O–H groups in total. The number of hydrogen-bond acceptors (Lipinski definition) is 2. The third-order valence-corrected chi connectivity index (χ3v) is 2.99. The fraction of sp³-hybridized carbons (Fsp3) is 0.222. The second-order valence-corrected chi connectivity index (χ2v) is 4.49. The zero-order chi connectivity index (χ0) is 14.2. The van der Waals surface area contributed by atoms with E-state index in [9.17, 15) is 0 Å². The molecule has 2 aromatic carbocycles. The summed E-state index contributed by atoms with van der Waals surface area (Å²) in [6.45, 7) is 3.21. The summed E-state index contributed by atoms with van der Waals surface area (Å²) < 4.78 is 10.5. The molecule has 0 aromatic heterocycles. The first-order chi connectivity index (χ1) is 9.83. The lowest BCUT2D eigenvalue weighted by Crippen LogP contribution is -2.03. The third kappa shape index (κ3) is 3.97. The van der Waals surface area contributed by atoms with Gasteiger partial charge in [-0.2, -0.15) is 0 Å². The molecule has 0 radical (unpaired) electrons. The van der Waals surface area contributed by atoms with Crippen LogP contribution in [0.25, 0.3) is 17.2 Å². The van der Waals surface area contributed by atoms with Crippen molar-refractivity contribution in [3.63, 3.8) is 0 Å². The highest BCUT2D eigenvalue weighted by Crippen LogP contribution is 2.23. The minimum Gasteiger partial charge on any atom is -0.491 e. The molecule has 0 unspecified atom stereocenters. The SMILES string of the molecule is C/C=C/c1cccc(-c2ccc(OCCOC)cc2)c1. The van der Waals surface area contributed by atoms with Gasteiger partial charge in [-0.15, -0.1) is 0 Å². The molecule has 0 atom stereocenters. The van der Waals surface area contributed by atoms with E-state index in [4.69, 9.17) is 9.47 Å². The zero-order valence-electron chi connectivity index (χ0n) is 12.0. The van der Waals surface area contributed by atoms with Crippen molar-refractivity contribution in [1.82, 2.24) is 0 Å². The van der Waals surface area contributed by atoms with E-state index in [-0.39, 0.29) is 0 Å². The van der Waals surface area contributed by atoms with Gasteiger partial charge in [0.2, 0.25) is 0 Å². The fourth-order valence-corrected chi connectivity index (χ4v) is 2.00. The fourth-order valence-electron chi connectivity index (χ4n) is 2.00. The van der Waals surface area contributed by atoms with Gasteiger partial charge < -0.3 is 9.47 Å². The Morgan fingerprint density at radius 1 is 0.950 bits per heavy atom. The van der Waals surface area contributed by atoms with Crippen molar-refractivity contribution in [2.24, 2.45) is 0 Å². The first-order valence-corrected chi connectivity index (χ1v) is 6.78. The van der Waals surface area contributed by atoms with Crippen molar-refractivity contribution in [1.29, 1.82) is 0 Å². The van der Waals surface area contributed by atoms with Crippen LogP contribution in [-0.4, -0.2) is 20.3 Å². The summed E-state index contributed by atoms with van der Waals surface area (Å²) in [6.07, 6.45) is 4.15. The predicted molar refractivity (Wildman–Crippen MR) is 84.0 cm³/mol. The van der Waals surface area contributed by atoms with Crippen LogP contribution in [-0.2, 0) is 4.74 Å². The second kappa shape index (κ2) is 7.51. The van der Waals surface area contributed by atoms with Crippen LogP contribution in [0.1, 0.15) is 12.5 Å². The lowest BCUT2D eigenvalue weighted by atomic mass is 10.0. The Hall–Kier alpha value is -2.06. The van der Waals surface area contributed by atoms with Gasteiger partial charge in [0.05, 0.1) is 6.61 Å². The van der Waals surface area contributed by atoms with Crippen LogP contribution in [0.15, 0.2) is 54.6 Å². The molecule has 0 heterocycles. The van der Waals surface area contributed by atoms with Gasteiger partial charge in [0, 0.05) is 7.11 Å². The van der Waals surface area contributed by atoms with Crippen molar-refractivity contribution in [2.75, 3.05) is 20.3 Å². The average Bonchev–Trinajstić information content (AvgIpc) is 2.49. The normalized spacial score (nSPS) is 10.9. The summed E-state index contributed by atoms with van der Waals surface area (Å²) in [5.74, 6) is 0.871. The van der Waals surface area contributed by atoms with E-state index in [1.54, 1.807) is 7.11 Å². The molecular weight excluding hydrogens is 248 g/mol. The largest absolute Gasteiger partial charge is 0.491 e. The molecule has 0 fully saturated rings. The van der Waals surface area contributed by atoms with Crippen molar-refractivity contribution >= 4 is 6.08 Å². The molecule has 0 bridgehead atoms. The third-order valence-electron chi connectivity index (χ3n) is 2.99. The molecule has 0 aliphatic rings. The van der Waals surface area contributed by atoms with Crippen molar-refractivity contribution in [3.8, 4) is 16.9 Å². The lowest BCUT2D eigenvalue weighted by Gasteiger charge is -2.07. The summed E-state index contributed by atoms with van der Waals surface area (Å²) in [4.78, 5) is 0. The highest BCUT2D eigenvalue weighted by atomic mass is 16.5. The Labute approximate surface area is 120 Å². The van der Waals surface area contributed by atoms with Gasteiger partial charge >= 0.3 is 0 Å². The summed E-state index contributed by atoms with van der Waals surface area (Å²) >= 11 is 0. The van der Waals surface area contributed by atoms with E-state index in [1.807, 2.05) is 25.1 Å². The Balaban J connectivity index is 2.11. The maximum atomic E-state index is 5.56. The predicted octanol–water partition coefficient (Wildman–Crippen LogP) is 4.41. The summed E-state index contributed by atoms with van der Waals surface area (Å²) in [6, 6.07) is 16.6. The number of rotatable bonds is 6. The van der Waals surface area contributed by atoms with Crippen LogP contribution >= 0.6 is 0 Å². The Morgan fingerprint density at radius 3 is 2.45 bits per heavy atom. The number of hydrogen-bond donors (Lipinski definition) is 0. The molecule has 104 valence electrons. The molecule has 2 heteroatoms. The quantitative estimate of drug-likeness (QED) is 0.722. The van der Waals surface area contributed by atoms with E-state index < -0.39 is 0 Å². The van der Waals surface area contributed by atoms with Crippen LogP contribution in [0.5, 0.6) is 5.75 Å². The highest BCUT2D eigenvalue weighted by molar-refractivity contribution is 5.67. The van der Waals surface area contributed by atoms with E-state index in [2.05, 4.69) is 42.5 Å². The van der Waals surface area contributed by atoms with E-state index in [0.29, 0.717) is 13.2 Å². The van der Waals surface area contributed by atoms with Crippen molar-refractivity contribution in [3.05, 3.63) is 60.2 Å². The van der Waals surface area contributed by atoms with E-state index in [1.165, 1.54) is 16.7 Å². The highest BCUT2D eigenvalue weighted by Gasteiger charge is 1.99. The lowest BCUT2D eigenvalue weighted by molar-refractivity contribution is 0.146. The molecule has 0 spiro atoms. The smallest absolute Gasteiger partial charge is 0.119 e. The topological polar surface area (TPSA) is 18.5 Å². The van der Waals surface area contributed by atoms with Crippen molar-refractivity contribution < 1.29 is 9.47 Å². The molecule has 2 rings (SSSR count). The molecule has 0 amide bonds. The Morgan fingerprint density at radius 2 is 1.75 bits per heavy atom. The molecule has 0 saturated heterocycles. The molecule has 2 aromatic rings. The van der Waals surface area contributed by atoms with Crippen LogP contribution < -0.4 is 4.74 Å². The summed E-state index contributed by atoms with van der Waals surface area (Å²) in [7, 11) is 1.67. The minimum absolute atomic E-state index is 0.576. The van der Waals surface area contributed by atoms with Gasteiger partial charge in [-0.3, -0.25) is 0 Å². The monoisotopic (exact) mass is 268 g/mol. The van der Waals surface area contributed by atoms with E-state index >= 15 is 0 Å². The molecule has 20 heavy (non-hydrogen) atoms. The minimum atomic E-state index is 0.576. The van der Waals surface area contributed by atoms with Crippen LogP contribution in [0, 0.1) is 0 Å². The zero-order valence-corrected chi connectivity index (χ0v) is 12.0. The Kier molecular flexibility index (Phi) is 5.39. The number of methoxy groups -OCH3 is 1.